The van der Waals surface area contributed by atoms with Crippen molar-refractivity contribution in [1.82, 2.24) is 5.32 Å². The number of nitrogens with one attached hydrogen (secondary N) is 2. The highest BCUT2D eigenvalue weighted by Gasteiger charge is 2.14. The molecule has 3 N–H and O–H groups in total. The number of benzene rings is 2. The highest BCUT2D eigenvalue weighted by Crippen LogP contribution is 2.29. The van der Waals surface area contributed by atoms with E-state index in [4.69, 9.17) is 9.47 Å². The number of hydrogen-bond acceptors (Lipinski definition) is 5. The summed E-state index contributed by atoms with van der Waals surface area (Å²) in [7, 11) is 3.12. The Labute approximate surface area is 154 Å². The van der Waals surface area contributed by atoms with Crippen LogP contribution in [0, 0.1) is 0 Å². The summed E-state index contributed by atoms with van der Waals surface area (Å²) >= 11 is 0. The van der Waals surface area contributed by atoms with Crippen molar-refractivity contribution in [3.8, 4) is 11.5 Å². The standard InChI is InChI=1S/C20H26N2O4/c1-14(21-13-18(23)15-7-5-4-6-8-15)11-20(24)22-17-12-16(25-2)9-10-19(17)26-3/h4-10,12,14,18,21,23H,11,13H2,1-3H3,(H,22,24). The first-order valence-electron chi connectivity index (χ1n) is 8.51. The monoisotopic (exact) mass is 358 g/mol. The maximum Gasteiger partial charge on any atom is 0.226 e. The molecule has 0 aromatic heterocycles. The summed E-state index contributed by atoms with van der Waals surface area (Å²) in [5, 5.41) is 16.2. The van der Waals surface area contributed by atoms with Gasteiger partial charge >= 0.3 is 0 Å². The minimum Gasteiger partial charge on any atom is -0.497 e. The molecule has 6 nitrogen and oxygen atoms in total. The molecule has 0 saturated carbocycles. The molecule has 140 valence electrons. The smallest absolute Gasteiger partial charge is 0.226 e. The van der Waals surface area contributed by atoms with Crippen molar-refractivity contribution >= 4 is 11.6 Å². The Morgan fingerprint density at radius 1 is 1.12 bits per heavy atom. The van der Waals surface area contributed by atoms with Crippen LogP contribution in [-0.4, -0.2) is 37.8 Å². The number of hydrogen-bond donors (Lipinski definition) is 3. The van der Waals surface area contributed by atoms with Gasteiger partial charge in [-0.25, -0.2) is 0 Å². The van der Waals surface area contributed by atoms with Crippen LogP contribution in [0.25, 0.3) is 0 Å². The first-order valence-corrected chi connectivity index (χ1v) is 8.51. The zero-order chi connectivity index (χ0) is 18.9. The van der Waals surface area contributed by atoms with E-state index >= 15 is 0 Å². The van der Waals surface area contributed by atoms with E-state index in [1.54, 1.807) is 32.4 Å². The van der Waals surface area contributed by atoms with Gasteiger partial charge in [-0.15, -0.1) is 0 Å². The summed E-state index contributed by atoms with van der Waals surface area (Å²) in [5.74, 6) is 1.06. The number of carbonyl (C=O) groups is 1. The lowest BCUT2D eigenvalue weighted by atomic mass is 10.1. The predicted molar refractivity (Wildman–Crippen MR) is 102 cm³/mol. The highest BCUT2D eigenvalue weighted by molar-refractivity contribution is 5.92. The second-order valence-corrected chi connectivity index (χ2v) is 6.05. The van der Waals surface area contributed by atoms with Gasteiger partial charge in [0.15, 0.2) is 0 Å². The lowest BCUT2D eigenvalue weighted by molar-refractivity contribution is -0.116. The fourth-order valence-corrected chi connectivity index (χ4v) is 2.57. The summed E-state index contributed by atoms with van der Waals surface area (Å²) in [6.45, 7) is 2.28. The lowest BCUT2D eigenvalue weighted by Crippen LogP contribution is -2.33. The molecule has 2 aromatic carbocycles. The number of amides is 1. The Morgan fingerprint density at radius 3 is 2.50 bits per heavy atom. The molecule has 0 fully saturated rings. The Bertz CT molecular complexity index is 706. The summed E-state index contributed by atoms with van der Waals surface area (Å²) in [5.41, 5.74) is 1.41. The molecule has 0 bridgehead atoms. The molecular formula is C20H26N2O4. The molecule has 2 atom stereocenters. The molecule has 2 rings (SSSR count). The van der Waals surface area contributed by atoms with E-state index in [0.29, 0.717) is 23.7 Å². The molecule has 0 heterocycles. The van der Waals surface area contributed by atoms with Crippen molar-refractivity contribution in [3.05, 3.63) is 54.1 Å². The van der Waals surface area contributed by atoms with E-state index < -0.39 is 6.10 Å². The van der Waals surface area contributed by atoms with Crippen LogP contribution in [0.5, 0.6) is 11.5 Å². The predicted octanol–water partition coefficient (Wildman–Crippen LogP) is 2.74. The van der Waals surface area contributed by atoms with Gasteiger partial charge in [0, 0.05) is 25.1 Å². The van der Waals surface area contributed by atoms with E-state index in [2.05, 4.69) is 10.6 Å². The lowest BCUT2D eigenvalue weighted by Gasteiger charge is -2.18. The summed E-state index contributed by atoms with van der Waals surface area (Å²) in [6.07, 6.45) is -0.345. The van der Waals surface area contributed by atoms with Crippen LogP contribution in [0.2, 0.25) is 0 Å². The van der Waals surface area contributed by atoms with Crippen LogP contribution in [-0.2, 0) is 4.79 Å². The van der Waals surface area contributed by atoms with Gasteiger partial charge in [0.2, 0.25) is 5.91 Å². The average molecular weight is 358 g/mol. The van der Waals surface area contributed by atoms with Crippen molar-refractivity contribution in [3.63, 3.8) is 0 Å². The molecule has 0 aliphatic heterocycles. The molecule has 2 unspecified atom stereocenters. The van der Waals surface area contributed by atoms with Crippen LogP contribution in [0.4, 0.5) is 5.69 Å². The van der Waals surface area contributed by atoms with E-state index in [-0.39, 0.29) is 18.4 Å². The quantitative estimate of drug-likeness (QED) is 0.642. The Morgan fingerprint density at radius 2 is 1.85 bits per heavy atom. The zero-order valence-corrected chi connectivity index (χ0v) is 15.4. The van der Waals surface area contributed by atoms with Crippen LogP contribution in [0.1, 0.15) is 25.0 Å². The number of anilines is 1. The van der Waals surface area contributed by atoms with Crippen molar-refractivity contribution in [2.45, 2.75) is 25.5 Å². The molecule has 0 aliphatic carbocycles. The summed E-state index contributed by atoms with van der Waals surface area (Å²) in [6, 6.07) is 14.6. The van der Waals surface area contributed by atoms with Gasteiger partial charge in [0.05, 0.1) is 26.0 Å². The Hall–Kier alpha value is -2.57. The van der Waals surface area contributed by atoms with Gasteiger partial charge < -0.3 is 25.2 Å². The summed E-state index contributed by atoms with van der Waals surface area (Å²) < 4.78 is 10.4. The van der Waals surface area contributed by atoms with E-state index in [1.807, 2.05) is 37.3 Å². The molecule has 2 aromatic rings. The number of methoxy groups -OCH3 is 2. The molecule has 1 amide bonds. The van der Waals surface area contributed by atoms with Gasteiger partial charge in [-0.05, 0) is 24.6 Å². The maximum atomic E-state index is 12.3. The third-order valence-electron chi connectivity index (χ3n) is 4.02. The fraction of sp³-hybridized carbons (Fsp3) is 0.350. The maximum absolute atomic E-state index is 12.3. The second kappa shape index (κ2) is 9.79. The first kappa shape index (κ1) is 19.8. The van der Waals surface area contributed by atoms with E-state index in [0.717, 1.165) is 5.56 Å². The largest absolute Gasteiger partial charge is 0.497 e. The van der Waals surface area contributed by atoms with Gasteiger partial charge in [-0.2, -0.15) is 0 Å². The van der Waals surface area contributed by atoms with Crippen LogP contribution in [0.3, 0.4) is 0 Å². The van der Waals surface area contributed by atoms with Crippen LogP contribution < -0.4 is 20.1 Å². The van der Waals surface area contributed by atoms with Crippen molar-refractivity contribution < 1.29 is 19.4 Å². The molecule has 0 radical (unpaired) electrons. The fourth-order valence-electron chi connectivity index (χ4n) is 2.57. The van der Waals surface area contributed by atoms with Gasteiger partial charge in [-0.1, -0.05) is 30.3 Å². The van der Waals surface area contributed by atoms with Crippen LogP contribution in [0.15, 0.2) is 48.5 Å². The Kier molecular flexibility index (Phi) is 7.44. The van der Waals surface area contributed by atoms with Gasteiger partial charge in [0.1, 0.15) is 11.5 Å². The minimum atomic E-state index is -0.611. The SMILES string of the molecule is COc1ccc(OC)c(NC(=O)CC(C)NCC(O)c2ccccc2)c1. The topological polar surface area (TPSA) is 79.8 Å². The van der Waals surface area contributed by atoms with Crippen molar-refractivity contribution in [1.29, 1.82) is 0 Å². The van der Waals surface area contributed by atoms with Crippen molar-refractivity contribution in [2.24, 2.45) is 0 Å². The first-order chi connectivity index (χ1) is 12.5. The van der Waals surface area contributed by atoms with Crippen molar-refractivity contribution in [2.75, 3.05) is 26.1 Å². The normalized spacial score (nSPS) is 12.9. The second-order valence-electron chi connectivity index (χ2n) is 6.05. The molecule has 26 heavy (non-hydrogen) atoms. The van der Waals surface area contributed by atoms with E-state index in [1.165, 1.54) is 0 Å². The highest BCUT2D eigenvalue weighted by atomic mass is 16.5. The van der Waals surface area contributed by atoms with E-state index in [9.17, 15) is 9.90 Å². The number of carbonyl (C=O) groups excluding carboxylic acids is 1. The third-order valence-corrected chi connectivity index (χ3v) is 4.02. The third kappa shape index (κ3) is 5.75. The Balaban J connectivity index is 1.85. The number of ether oxygens (including phenoxy) is 2. The molecular weight excluding hydrogens is 332 g/mol. The minimum absolute atomic E-state index is 0.0926. The molecule has 6 heteroatoms. The van der Waals surface area contributed by atoms with Crippen LogP contribution >= 0.6 is 0 Å². The molecule has 0 aliphatic rings. The number of rotatable bonds is 9. The summed E-state index contributed by atoms with van der Waals surface area (Å²) in [4.78, 5) is 12.3. The molecule has 0 saturated heterocycles. The zero-order valence-electron chi connectivity index (χ0n) is 15.4. The number of aliphatic hydroxyl groups excluding tert-OH is 1. The average Bonchev–Trinajstić information content (AvgIpc) is 2.66. The molecule has 0 spiro atoms. The number of aliphatic hydroxyl groups is 1. The van der Waals surface area contributed by atoms with Gasteiger partial charge in [0.25, 0.3) is 0 Å². The van der Waals surface area contributed by atoms with Gasteiger partial charge in [-0.3, -0.25) is 4.79 Å².